The summed E-state index contributed by atoms with van der Waals surface area (Å²) in [5.41, 5.74) is 0.376. The third kappa shape index (κ3) is 3.17. The number of urea groups is 1. The summed E-state index contributed by atoms with van der Waals surface area (Å²) in [5, 5.41) is 11.2. The Hall–Kier alpha value is -2.31. The van der Waals surface area contributed by atoms with Gasteiger partial charge in [0.2, 0.25) is 0 Å². The van der Waals surface area contributed by atoms with Gasteiger partial charge in [-0.3, -0.25) is 4.79 Å². The molecule has 0 saturated carbocycles. The number of carboxylic acid groups (broad SMARTS) is 1. The summed E-state index contributed by atoms with van der Waals surface area (Å²) in [4.78, 5) is 23.9. The minimum Gasteiger partial charge on any atom is -0.494 e. The molecule has 108 valence electrons. The van der Waals surface area contributed by atoms with Gasteiger partial charge in [0.05, 0.1) is 19.2 Å². The van der Waals surface area contributed by atoms with Crippen LogP contribution in [0.5, 0.6) is 5.75 Å². The van der Waals surface area contributed by atoms with E-state index >= 15 is 0 Å². The highest BCUT2D eigenvalue weighted by molar-refractivity contribution is 5.91. The van der Waals surface area contributed by atoms with Crippen molar-refractivity contribution in [2.24, 2.45) is 5.92 Å². The fourth-order valence-electron chi connectivity index (χ4n) is 2.07. The first-order chi connectivity index (χ1) is 9.49. The normalized spacial score (nSPS) is 14.6. The molecule has 2 amide bonds. The summed E-state index contributed by atoms with van der Waals surface area (Å²) >= 11 is 0. The van der Waals surface area contributed by atoms with Crippen LogP contribution in [0.3, 0.4) is 0 Å². The number of likely N-dealkylation sites (tertiary alicyclic amines) is 1. The molecular formula is C13H15FN2O4. The minimum absolute atomic E-state index is 0.00615. The quantitative estimate of drug-likeness (QED) is 0.882. The van der Waals surface area contributed by atoms with Crippen molar-refractivity contribution >= 4 is 17.7 Å². The van der Waals surface area contributed by atoms with E-state index in [0.717, 1.165) is 0 Å². The zero-order valence-electron chi connectivity index (χ0n) is 10.9. The second-order valence-corrected chi connectivity index (χ2v) is 4.64. The number of nitrogens with one attached hydrogen (secondary N) is 1. The van der Waals surface area contributed by atoms with Crippen LogP contribution in [0.1, 0.15) is 6.42 Å². The molecule has 1 aliphatic heterocycles. The number of carbonyl (C=O) groups excluding carboxylic acids is 1. The average molecular weight is 282 g/mol. The van der Waals surface area contributed by atoms with E-state index in [1.807, 2.05) is 0 Å². The molecule has 6 nitrogen and oxygen atoms in total. The number of amides is 2. The van der Waals surface area contributed by atoms with Crippen LogP contribution < -0.4 is 10.1 Å². The number of anilines is 1. The zero-order valence-corrected chi connectivity index (χ0v) is 10.9. The van der Waals surface area contributed by atoms with Crippen molar-refractivity contribution in [3.05, 3.63) is 24.0 Å². The van der Waals surface area contributed by atoms with Crippen LogP contribution in [0, 0.1) is 11.7 Å². The molecule has 0 bridgehead atoms. The van der Waals surface area contributed by atoms with Crippen molar-refractivity contribution in [2.45, 2.75) is 6.42 Å². The summed E-state index contributed by atoms with van der Waals surface area (Å²) < 4.78 is 18.0. The predicted molar refractivity (Wildman–Crippen MR) is 69.3 cm³/mol. The van der Waals surface area contributed by atoms with Gasteiger partial charge >= 0.3 is 12.0 Å². The second kappa shape index (κ2) is 5.77. The van der Waals surface area contributed by atoms with Gasteiger partial charge in [-0.1, -0.05) is 0 Å². The minimum atomic E-state index is -0.865. The smallest absolute Gasteiger partial charge is 0.321 e. The van der Waals surface area contributed by atoms with Gasteiger partial charge in [-0.2, -0.15) is 0 Å². The maximum Gasteiger partial charge on any atom is 0.321 e. The first kappa shape index (κ1) is 14.1. The number of halogens is 1. The van der Waals surface area contributed by atoms with Crippen molar-refractivity contribution in [2.75, 3.05) is 25.5 Å². The van der Waals surface area contributed by atoms with Crippen LogP contribution in [0.4, 0.5) is 14.9 Å². The monoisotopic (exact) mass is 282 g/mol. The van der Waals surface area contributed by atoms with Gasteiger partial charge in [-0.15, -0.1) is 0 Å². The fraction of sp³-hybridized carbons (Fsp3) is 0.385. The first-order valence-electron chi connectivity index (χ1n) is 6.11. The summed E-state index contributed by atoms with van der Waals surface area (Å²) in [6.07, 6.45) is 0.0592. The molecule has 2 N–H and O–H groups in total. The van der Waals surface area contributed by atoms with Gasteiger partial charge in [0.1, 0.15) is 11.6 Å². The van der Waals surface area contributed by atoms with Gasteiger partial charge in [-0.25, -0.2) is 9.18 Å². The number of aliphatic carboxylic acids is 1. The number of methoxy groups -OCH3 is 1. The van der Waals surface area contributed by atoms with Crippen molar-refractivity contribution in [1.82, 2.24) is 4.90 Å². The fourth-order valence-corrected chi connectivity index (χ4v) is 2.07. The highest BCUT2D eigenvalue weighted by Gasteiger charge is 2.32. The molecule has 1 heterocycles. The van der Waals surface area contributed by atoms with Crippen LogP contribution in [-0.4, -0.2) is 42.2 Å². The predicted octanol–water partition coefficient (Wildman–Crippen LogP) is 1.77. The molecule has 7 heteroatoms. The van der Waals surface area contributed by atoms with Crippen molar-refractivity contribution in [1.29, 1.82) is 0 Å². The molecule has 1 aliphatic rings. The van der Waals surface area contributed by atoms with Crippen molar-refractivity contribution in [3.8, 4) is 5.75 Å². The molecule has 0 radical (unpaired) electrons. The van der Waals surface area contributed by atoms with Crippen LogP contribution in [0.15, 0.2) is 18.2 Å². The summed E-state index contributed by atoms with van der Waals surface area (Å²) in [6, 6.07) is 3.47. The van der Waals surface area contributed by atoms with Gasteiger partial charge < -0.3 is 20.1 Å². The van der Waals surface area contributed by atoms with Crippen molar-refractivity contribution < 1.29 is 23.8 Å². The zero-order chi connectivity index (χ0) is 14.7. The Morgan fingerprint density at radius 3 is 2.80 bits per heavy atom. The molecule has 1 saturated heterocycles. The number of rotatable bonds is 4. The highest BCUT2D eigenvalue weighted by atomic mass is 19.1. The maximum absolute atomic E-state index is 13.0. The number of hydrogen-bond acceptors (Lipinski definition) is 3. The first-order valence-corrected chi connectivity index (χ1v) is 6.11. The van der Waals surface area contributed by atoms with Crippen molar-refractivity contribution in [3.63, 3.8) is 0 Å². The number of hydrogen-bond donors (Lipinski definition) is 2. The molecular weight excluding hydrogens is 267 g/mol. The van der Waals surface area contributed by atoms with E-state index in [-0.39, 0.29) is 24.1 Å². The number of nitrogens with zero attached hydrogens (tertiary/aromatic N) is 1. The topological polar surface area (TPSA) is 78.9 Å². The van der Waals surface area contributed by atoms with Gasteiger partial charge in [0.15, 0.2) is 0 Å². The molecule has 1 fully saturated rings. The van der Waals surface area contributed by atoms with Crippen LogP contribution in [-0.2, 0) is 4.79 Å². The average Bonchev–Trinajstić information content (AvgIpc) is 2.34. The van der Waals surface area contributed by atoms with Gasteiger partial charge in [0.25, 0.3) is 0 Å². The molecule has 1 aromatic rings. The number of ether oxygens (including phenoxy) is 1. The Bertz CT molecular complexity index is 529. The van der Waals surface area contributed by atoms with Gasteiger partial charge in [-0.05, 0) is 12.1 Å². The van der Waals surface area contributed by atoms with Crippen LogP contribution in [0.2, 0.25) is 0 Å². The number of carbonyl (C=O) groups is 2. The summed E-state index contributed by atoms with van der Waals surface area (Å²) in [7, 11) is 1.39. The lowest BCUT2D eigenvalue weighted by Gasteiger charge is -2.38. The Labute approximate surface area is 115 Å². The Kier molecular flexibility index (Phi) is 4.07. The molecule has 2 rings (SSSR count). The Morgan fingerprint density at radius 1 is 1.50 bits per heavy atom. The molecule has 0 atom stereocenters. The van der Waals surface area contributed by atoms with Gasteiger partial charge in [0, 0.05) is 25.1 Å². The SMILES string of the molecule is COc1cc(F)ccc1NC(=O)N1CC(CC(=O)O)C1. The van der Waals surface area contributed by atoms with E-state index in [1.54, 1.807) is 0 Å². The lowest BCUT2D eigenvalue weighted by atomic mass is 9.97. The molecule has 20 heavy (non-hydrogen) atoms. The molecule has 0 aromatic heterocycles. The lowest BCUT2D eigenvalue weighted by Crippen LogP contribution is -2.52. The van der Waals surface area contributed by atoms with Crippen LogP contribution in [0.25, 0.3) is 0 Å². The van der Waals surface area contributed by atoms with E-state index in [9.17, 15) is 14.0 Å². The Morgan fingerprint density at radius 2 is 2.20 bits per heavy atom. The van der Waals surface area contributed by atoms with E-state index < -0.39 is 11.8 Å². The van der Waals surface area contributed by atoms with Crippen LogP contribution >= 0.6 is 0 Å². The molecule has 1 aromatic carbocycles. The van der Waals surface area contributed by atoms with E-state index in [4.69, 9.17) is 9.84 Å². The van der Waals surface area contributed by atoms with E-state index in [1.165, 1.54) is 30.2 Å². The number of carboxylic acids is 1. The standard InChI is InChI=1S/C13H15FN2O4/c1-20-11-5-9(14)2-3-10(11)15-13(19)16-6-8(7-16)4-12(17)18/h2-3,5,8H,4,6-7H2,1H3,(H,15,19)(H,17,18). The summed E-state index contributed by atoms with van der Waals surface area (Å²) in [6.45, 7) is 0.809. The van der Waals surface area contributed by atoms with E-state index in [0.29, 0.717) is 18.8 Å². The Balaban J connectivity index is 1.91. The third-order valence-electron chi connectivity index (χ3n) is 3.11. The number of benzene rings is 1. The summed E-state index contributed by atoms with van der Waals surface area (Å²) in [5.74, 6) is -1.09. The maximum atomic E-state index is 13.0. The molecule has 0 spiro atoms. The third-order valence-corrected chi connectivity index (χ3v) is 3.11. The van der Waals surface area contributed by atoms with E-state index in [2.05, 4.69) is 5.32 Å². The highest BCUT2D eigenvalue weighted by Crippen LogP contribution is 2.26. The molecule has 0 unspecified atom stereocenters. The lowest BCUT2D eigenvalue weighted by molar-refractivity contribution is -0.139. The largest absolute Gasteiger partial charge is 0.494 e. The second-order valence-electron chi connectivity index (χ2n) is 4.64. The molecule has 0 aliphatic carbocycles.